The van der Waals surface area contributed by atoms with Gasteiger partial charge in [-0.05, 0) is 35.4 Å². The van der Waals surface area contributed by atoms with Gasteiger partial charge in [-0.2, -0.15) is 5.10 Å². The average Bonchev–Trinajstić information content (AvgIpc) is 3.57. The summed E-state index contributed by atoms with van der Waals surface area (Å²) < 4.78 is 5.17. The van der Waals surface area contributed by atoms with E-state index < -0.39 is 0 Å². The molecular weight excluding hydrogens is 442 g/mol. The Morgan fingerprint density at radius 1 is 1.12 bits per heavy atom. The maximum Gasteiger partial charge on any atom is 0.264 e. The molecule has 0 fully saturated rings. The van der Waals surface area contributed by atoms with Crippen molar-refractivity contribution in [3.8, 4) is 0 Å². The number of benzene rings is 1. The standard InChI is InChI=1S/C24H25N3O3S2/c1-17-7-9-18(10-8-17)20-15-19(21-5-3-13-31-21)25-27(20)23(28)16-26(11-12-30-2)24(29)22-6-4-14-32-22/h3-10,13-14,20H,11-12,15-16H2,1-2H3/t20-/m1/s1. The Kier molecular flexibility index (Phi) is 7.14. The minimum atomic E-state index is -0.205. The summed E-state index contributed by atoms with van der Waals surface area (Å²) in [5, 5.41) is 10.1. The van der Waals surface area contributed by atoms with Gasteiger partial charge in [0.25, 0.3) is 11.8 Å². The molecule has 1 aromatic carbocycles. The quantitative estimate of drug-likeness (QED) is 0.487. The first-order chi connectivity index (χ1) is 15.6. The zero-order chi connectivity index (χ0) is 22.5. The molecule has 32 heavy (non-hydrogen) atoms. The third-order valence-electron chi connectivity index (χ3n) is 5.34. The third kappa shape index (κ3) is 4.98. The van der Waals surface area contributed by atoms with Crippen LogP contribution in [0.4, 0.5) is 0 Å². The van der Waals surface area contributed by atoms with Gasteiger partial charge < -0.3 is 9.64 Å². The van der Waals surface area contributed by atoms with Gasteiger partial charge >= 0.3 is 0 Å². The van der Waals surface area contributed by atoms with Crippen LogP contribution in [0.25, 0.3) is 0 Å². The van der Waals surface area contributed by atoms with Crippen molar-refractivity contribution in [3.05, 3.63) is 80.2 Å². The first-order valence-corrected chi connectivity index (χ1v) is 12.1. The van der Waals surface area contributed by atoms with Gasteiger partial charge in [-0.1, -0.05) is 42.0 Å². The van der Waals surface area contributed by atoms with Crippen LogP contribution in [0, 0.1) is 6.92 Å². The van der Waals surface area contributed by atoms with E-state index in [-0.39, 0.29) is 24.4 Å². The average molecular weight is 468 g/mol. The number of hydrogen-bond donors (Lipinski definition) is 0. The van der Waals surface area contributed by atoms with Crippen LogP contribution in [0.5, 0.6) is 0 Å². The van der Waals surface area contributed by atoms with Crippen LogP contribution in [0.2, 0.25) is 0 Å². The van der Waals surface area contributed by atoms with E-state index in [2.05, 4.69) is 0 Å². The van der Waals surface area contributed by atoms with Crippen LogP contribution in [0.15, 0.2) is 64.4 Å². The molecule has 2 aromatic heterocycles. The molecule has 0 N–H and O–H groups in total. The highest BCUT2D eigenvalue weighted by Crippen LogP contribution is 2.34. The fourth-order valence-electron chi connectivity index (χ4n) is 3.63. The van der Waals surface area contributed by atoms with Crippen molar-refractivity contribution >= 4 is 40.2 Å². The second kappa shape index (κ2) is 10.2. The van der Waals surface area contributed by atoms with Crippen LogP contribution < -0.4 is 0 Å². The number of carbonyl (C=O) groups excluding carboxylic acids is 2. The molecule has 0 unspecified atom stereocenters. The minimum absolute atomic E-state index is 0.0519. The Morgan fingerprint density at radius 3 is 2.53 bits per heavy atom. The first-order valence-electron chi connectivity index (χ1n) is 10.4. The number of hydrazone groups is 1. The van der Waals surface area contributed by atoms with Crippen molar-refractivity contribution in [2.24, 2.45) is 5.10 Å². The summed E-state index contributed by atoms with van der Waals surface area (Å²) in [7, 11) is 1.58. The lowest BCUT2D eigenvalue weighted by Crippen LogP contribution is -2.42. The molecular formula is C24H25N3O3S2. The number of carbonyl (C=O) groups is 2. The summed E-state index contributed by atoms with van der Waals surface area (Å²) in [5.74, 6) is -0.373. The van der Waals surface area contributed by atoms with E-state index in [0.717, 1.165) is 21.7 Å². The smallest absolute Gasteiger partial charge is 0.264 e. The van der Waals surface area contributed by atoms with Crippen molar-refractivity contribution in [3.63, 3.8) is 0 Å². The maximum atomic E-state index is 13.4. The number of nitrogens with zero attached hydrogens (tertiary/aromatic N) is 3. The molecule has 0 saturated heterocycles. The first kappa shape index (κ1) is 22.4. The fourth-order valence-corrected chi connectivity index (χ4v) is 5.04. The van der Waals surface area contributed by atoms with Gasteiger partial charge in [0.2, 0.25) is 0 Å². The van der Waals surface area contributed by atoms with E-state index in [9.17, 15) is 9.59 Å². The monoisotopic (exact) mass is 467 g/mol. The Bertz CT molecular complexity index is 1080. The van der Waals surface area contributed by atoms with Gasteiger partial charge in [0.05, 0.1) is 28.1 Å². The number of amides is 2. The van der Waals surface area contributed by atoms with Crippen molar-refractivity contribution in [2.45, 2.75) is 19.4 Å². The largest absolute Gasteiger partial charge is 0.383 e. The number of methoxy groups -OCH3 is 1. The molecule has 3 heterocycles. The van der Waals surface area contributed by atoms with E-state index in [1.807, 2.05) is 60.1 Å². The van der Waals surface area contributed by atoms with E-state index in [1.165, 1.54) is 11.3 Å². The molecule has 1 aliphatic rings. The van der Waals surface area contributed by atoms with Gasteiger partial charge in [0.1, 0.15) is 6.54 Å². The summed E-state index contributed by atoms with van der Waals surface area (Å²) >= 11 is 2.98. The van der Waals surface area contributed by atoms with Gasteiger partial charge in [0, 0.05) is 20.1 Å². The van der Waals surface area contributed by atoms with Gasteiger partial charge in [-0.25, -0.2) is 5.01 Å². The summed E-state index contributed by atoms with van der Waals surface area (Å²) in [5.41, 5.74) is 3.09. The van der Waals surface area contributed by atoms with Gasteiger partial charge in [0.15, 0.2) is 0 Å². The molecule has 6 nitrogen and oxygen atoms in total. The highest BCUT2D eigenvalue weighted by Gasteiger charge is 2.34. The molecule has 2 amide bonds. The predicted molar refractivity (Wildman–Crippen MR) is 128 cm³/mol. The lowest BCUT2D eigenvalue weighted by molar-refractivity contribution is -0.133. The highest BCUT2D eigenvalue weighted by atomic mass is 32.1. The normalized spacial score (nSPS) is 15.6. The number of thiophene rings is 2. The van der Waals surface area contributed by atoms with Gasteiger partial charge in [-0.3, -0.25) is 9.59 Å². The van der Waals surface area contributed by atoms with Crippen molar-refractivity contribution in [2.75, 3.05) is 26.8 Å². The summed E-state index contributed by atoms with van der Waals surface area (Å²) in [6, 6.07) is 15.6. The van der Waals surface area contributed by atoms with Crippen molar-refractivity contribution in [1.29, 1.82) is 0 Å². The highest BCUT2D eigenvalue weighted by molar-refractivity contribution is 7.12. The van der Waals surface area contributed by atoms with Crippen LogP contribution in [0.1, 0.15) is 38.1 Å². The molecule has 166 valence electrons. The predicted octanol–water partition coefficient (Wildman–Crippen LogP) is 4.58. The van der Waals surface area contributed by atoms with Crippen LogP contribution in [-0.2, 0) is 9.53 Å². The number of ether oxygens (including phenoxy) is 1. The minimum Gasteiger partial charge on any atom is -0.383 e. The Hall–Kier alpha value is -2.81. The van der Waals surface area contributed by atoms with E-state index in [4.69, 9.17) is 9.84 Å². The summed E-state index contributed by atoms with van der Waals surface area (Å²) in [6.07, 6.45) is 0.645. The van der Waals surface area contributed by atoms with Crippen LogP contribution in [-0.4, -0.2) is 54.2 Å². The summed E-state index contributed by atoms with van der Waals surface area (Å²) in [6.45, 7) is 2.68. The molecule has 0 aliphatic carbocycles. The van der Waals surface area contributed by atoms with Crippen LogP contribution >= 0.6 is 22.7 Å². The topological polar surface area (TPSA) is 62.2 Å². The second-order valence-corrected chi connectivity index (χ2v) is 9.49. The molecule has 0 spiro atoms. The maximum absolute atomic E-state index is 13.4. The molecule has 8 heteroatoms. The molecule has 1 atom stereocenters. The molecule has 3 aromatic rings. The Balaban J connectivity index is 1.59. The summed E-state index contributed by atoms with van der Waals surface area (Å²) in [4.78, 5) is 29.6. The van der Waals surface area contributed by atoms with Crippen LogP contribution in [0.3, 0.4) is 0 Å². The van der Waals surface area contributed by atoms with E-state index in [0.29, 0.717) is 24.4 Å². The van der Waals surface area contributed by atoms with Gasteiger partial charge in [-0.15, -0.1) is 22.7 Å². The third-order valence-corrected chi connectivity index (χ3v) is 7.12. The Labute approximate surface area is 195 Å². The Morgan fingerprint density at radius 2 is 1.88 bits per heavy atom. The number of hydrogen-bond acceptors (Lipinski definition) is 6. The lowest BCUT2D eigenvalue weighted by Gasteiger charge is -2.26. The fraction of sp³-hybridized carbons (Fsp3) is 0.292. The molecule has 0 radical (unpaired) electrons. The molecule has 0 saturated carbocycles. The molecule has 1 aliphatic heterocycles. The second-order valence-electron chi connectivity index (χ2n) is 7.59. The number of aryl methyl sites for hydroxylation is 1. The zero-order valence-electron chi connectivity index (χ0n) is 18.1. The van der Waals surface area contributed by atoms with E-state index in [1.54, 1.807) is 34.4 Å². The molecule has 4 rings (SSSR count). The lowest BCUT2D eigenvalue weighted by atomic mass is 10.00. The molecule has 0 bridgehead atoms. The zero-order valence-corrected chi connectivity index (χ0v) is 19.7. The van der Waals surface area contributed by atoms with E-state index >= 15 is 0 Å². The number of rotatable bonds is 8. The van der Waals surface area contributed by atoms with Crippen molar-refractivity contribution < 1.29 is 14.3 Å². The van der Waals surface area contributed by atoms with Crippen molar-refractivity contribution in [1.82, 2.24) is 9.91 Å². The SMILES string of the molecule is COCCN(CC(=O)N1N=C(c2cccs2)C[C@@H]1c1ccc(C)cc1)C(=O)c1cccs1.